The highest BCUT2D eigenvalue weighted by Gasteiger charge is 2.42. The quantitative estimate of drug-likeness (QED) is 0.671. The average Bonchev–Trinajstić information content (AvgIpc) is 2.35. The van der Waals surface area contributed by atoms with Crippen LogP contribution in [0.4, 0.5) is 4.79 Å². The predicted molar refractivity (Wildman–Crippen MR) is 64.7 cm³/mol. The van der Waals surface area contributed by atoms with Gasteiger partial charge in [-0.2, -0.15) is 0 Å². The predicted octanol–water partition coefficient (Wildman–Crippen LogP) is -1.07. The Labute approximate surface area is 106 Å². The molecule has 0 bridgehead atoms. The van der Waals surface area contributed by atoms with E-state index in [2.05, 4.69) is 5.32 Å². The first kappa shape index (κ1) is 13.3. The van der Waals surface area contributed by atoms with Crippen molar-refractivity contribution in [2.45, 2.75) is 25.6 Å². The first-order chi connectivity index (χ1) is 8.65. The summed E-state index contributed by atoms with van der Waals surface area (Å²) in [6, 6.07) is -0.864. The van der Waals surface area contributed by atoms with E-state index in [1.54, 1.807) is 0 Å². The number of carbonyl (C=O) groups is 2. The van der Waals surface area contributed by atoms with Crippen molar-refractivity contribution >= 4 is 11.9 Å². The van der Waals surface area contributed by atoms with Crippen LogP contribution >= 0.6 is 0 Å². The second kappa shape index (κ2) is 5.64. The summed E-state index contributed by atoms with van der Waals surface area (Å²) < 4.78 is 5.26. The third-order valence-electron chi connectivity index (χ3n) is 3.35. The van der Waals surface area contributed by atoms with Gasteiger partial charge in [0.25, 0.3) is 0 Å². The van der Waals surface area contributed by atoms with Crippen molar-refractivity contribution in [3.05, 3.63) is 0 Å². The number of urea groups is 1. The van der Waals surface area contributed by atoms with Crippen LogP contribution in [0.5, 0.6) is 0 Å². The Bertz CT molecular complexity index is 330. The molecule has 2 heterocycles. The summed E-state index contributed by atoms with van der Waals surface area (Å²) in [5.41, 5.74) is 6.08. The molecule has 0 aromatic carbocycles. The fourth-order valence-electron chi connectivity index (χ4n) is 2.44. The summed E-state index contributed by atoms with van der Waals surface area (Å²) in [4.78, 5) is 27.2. The van der Waals surface area contributed by atoms with Crippen molar-refractivity contribution in [3.63, 3.8) is 0 Å². The van der Waals surface area contributed by atoms with E-state index < -0.39 is 12.2 Å². The highest BCUT2D eigenvalue weighted by atomic mass is 16.5. The number of rotatable bonds is 3. The number of amides is 3. The van der Waals surface area contributed by atoms with Crippen LogP contribution in [0.3, 0.4) is 0 Å². The molecule has 3 amide bonds. The minimum Gasteiger partial charge on any atom is -0.379 e. The molecule has 0 aliphatic carbocycles. The Balaban J connectivity index is 2.11. The van der Waals surface area contributed by atoms with Gasteiger partial charge in [-0.05, 0) is 6.42 Å². The van der Waals surface area contributed by atoms with Crippen molar-refractivity contribution in [2.75, 3.05) is 32.8 Å². The minimum atomic E-state index is -0.579. The smallest absolute Gasteiger partial charge is 0.325 e. The zero-order valence-electron chi connectivity index (χ0n) is 10.6. The van der Waals surface area contributed by atoms with E-state index in [1.165, 1.54) is 4.90 Å². The number of hydrogen-bond acceptors (Lipinski definition) is 5. The van der Waals surface area contributed by atoms with Gasteiger partial charge in [-0.15, -0.1) is 0 Å². The molecular formula is C11H20N4O3. The lowest BCUT2D eigenvalue weighted by Gasteiger charge is -2.43. The van der Waals surface area contributed by atoms with Crippen molar-refractivity contribution in [1.29, 1.82) is 0 Å². The van der Waals surface area contributed by atoms with Crippen LogP contribution in [-0.4, -0.2) is 66.8 Å². The monoisotopic (exact) mass is 256 g/mol. The summed E-state index contributed by atoms with van der Waals surface area (Å²) in [5.74, 6) is -0.304. The molecule has 7 nitrogen and oxygen atoms in total. The molecule has 2 saturated heterocycles. The Morgan fingerprint density at radius 2 is 2.06 bits per heavy atom. The van der Waals surface area contributed by atoms with Gasteiger partial charge in [-0.3, -0.25) is 15.0 Å². The molecule has 102 valence electrons. The molecule has 7 heteroatoms. The number of imide groups is 1. The van der Waals surface area contributed by atoms with Crippen molar-refractivity contribution in [3.8, 4) is 0 Å². The second-order valence-corrected chi connectivity index (χ2v) is 4.57. The number of morpholine rings is 1. The molecule has 2 atom stereocenters. The second-order valence-electron chi connectivity index (χ2n) is 4.57. The van der Waals surface area contributed by atoms with Gasteiger partial charge in [0, 0.05) is 19.6 Å². The van der Waals surface area contributed by atoms with Gasteiger partial charge >= 0.3 is 6.03 Å². The molecule has 2 rings (SSSR count). The lowest BCUT2D eigenvalue weighted by atomic mass is 10.1. The van der Waals surface area contributed by atoms with Gasteiger partial charge in [0.2, 0.25) is 5.91 Å². The molecule has 0 spiro atoms. The van der Waals surface area contributed by atoms with E-state index in [0.717, 1.165) is 6.42 Å². The number of nitrogens with zero attached hydrogens (tertiary/aromatic N) is 2. The van der Waals surface area contributed by atoms with Gasteiger partial charge in [0.05, 0.1) is 13.2 Å². The first-order valence-corrected chi connectivity index (χ1v) is 6.34. The zero-order chi connectivity index (χ0) is 13.1. The third-order valence-corrected chi connectivity index (χ3v) is 3.35. The van der Waals surface area contributed by atoms with E-state index in [4.69, 9.17) is 10.5 Å². The maximum Gasteiger partial charge on any atom is 0.325 e. The Morgan fingerprint density at radius 1 is 1.39 bits per heavy atom. The largest absolute Gasteiger partial charge is 0.379 e. The molecule has 2 aliphatic heterocycles. The molecule has 0 saturated carbocycles. The fraction of sp³-hybridized carbons (Fsp3) is 0.818. The zero-order valence-corrected chi connectivity index (χ0v) is 10.6. The number of ether oxygens (including phenoxy) is 1. The maximum absolute atomic E-state index is 11.9. The summed E-state index contributed by atoms with van der Waals surface area (Å²) in [5, 5.41) is 2.38. The first-order valence-electron chi connectivity index (χ1n) is 6.34. The maximum atomic E-state index is 11.9. The summed E-state index contributed by atoms with van der Waals surface area (Å²) in [6.07, 6.45) is 0.231. The van der Waals surface area contributed by atoms with Crippen LogP contribution in [0.25, 0.3) is 0 Å². The molecule has 18 heavy (non-hydrogen) atoms. The average molecular weight is 256 g/mol. The van der Waals surface area contributed by atoms with E-state index in [1.807, 2.05) is 11.8 Å². The van der Waals surface area contributed by atoms with Crippen LogP contribution in [-0.2, 0) is 9.53 Å². The highest BCUT2D eigenvalue weighted by molar-refractivity contribution is 6.00. The molecule has 0 aromatic heterocycles. The lowest BCUT2D eigenvalue weighted by Crippen LogP contribution is -2.71. The Hall–Kier alpha value is -1.18. The Morgan fingerprint density at radius 3 is 2.67 bits per heavy atom. The van der Waals surface area contributed by atoms with Crippen LogP contribution in [0.1, 0.15) is 13.3 Å². The number of nitrogens with two attached hydrogens (primary N) is 1. The lowest BCUT2D eigenvalue weighted by molar-refractivity contribution is -0.132. The van der Waals surface area contributed by atoms with E-state index in [-0.39, 0.29) is 11.9 Å². The van der Waals surface area contributed by atoms with Crippen LogP contribution in [0.2, 0.25) is 0 Å². The van der Waals surface area contributed by atoms with Gasteiger partial charge in [0.1, 0.15) is 12.2 Å². The van der Waals surface area contributed by atoms with Crippen LogP contribution < -0.4 is 11.1 Å². The molecule has 3 N–H and O–H groups in total. The summed E-state index contributed by atoms with van der Waals surface area (Å²) in [7, 11) is 0. The van der Waals surface area contributed by atoms with Gasteiger partial charge in [-0.1, -0.05) is 6.92 Å². The van der Waals surface area contributed by atoms with Gasteiger partial charge in [0.15, 0.2) is 0 Å². The van der Waals surface area contributed by atoms with Crippen molar-refractivity contribution in [2.24, 2.45) is 5.73 Å². The molecule has 2 unspecified atom stereocenters. The summed E-state index contributed by atoms with van der Waals surface area (Å²) >= 11 is 0. The topological polar surface area (TPSA) is 87.9 Å². The Kier molecular flexibility index (Phi) is 4.15. The molecule has 2 fully saturated rings. The number of carbonyl (C=O) groups excluding carboxylic acids is 2. The van der Waals surface area contributed by atoms with E-state index in [0.29, 0.717) is 32.8 Å². The number of nitrogens with one attached hydrogen (secondary N) is 1. The third kappa shape index (κ3) is 2.47. The van der Waals surface area contributed by atoms with E-state index in [9.17, 15) is 9.59 Å². The van der Waals surface area contributed by atoms with Crippen LogP contribution in [0, 0.1) is 0 Å². The molecule has 0 radical (unpaired) electrons. The SMILES string of the molecule is CCCN1C(=O)NC(=O)C(N2CCOCC2)C1N. The van der Waals surface area contributed by atoms with Gasteiger partial charge in [-0.25, -0.2) is 4.79 Å². The van der Waals surface area contributed by atoms with Gasteiger partial charge < -0.3 is 15.4 Å². The van der Waals surface area contributed by atoms with Crippen LogP contribution in [0.15, 0.2) is 0 Å². The fourth-order valence-corrected chi connectivity index (χ4v) is 2.44. The van der Waals surface area contributed by atoms with Crippen molar-refractivity contribution in [1.82, 2.24) is 15.1 Å². The minimum absolute atomic E-state index is 0.304. The standard InChI is InChI=1S/C11H20N4O3/c1-2-3-15-9(12)8(10(16)13-11(15)17)14-4-6-18-7-5-14/h8-9H,2-7,12H2,1H3,(H,13,16,17). The number of hydrogen-bond donors (Lipinski definition) is 2. The van der Waals surface area contributed by atoms with Crippen molar-refractivity contribution < 1.29 is 14.3 Å². The van der Waals surface area contributed by atoms with E-state index >= 15 is 0 Å². The molecular weight excluding hydrogens is 236 g/mol. The summed E-state index contributed by atoms with van der Waals surface area (Å²) in [6.45, 7) is 5.05. The molecule has 0 aromatic rings. The highest BCUT2D eigenvalue weighted by Crippen LogP contribution is 2.15. The normalized spacial score (nSPS) is 30.4. The molecule has 2 aliphatic rings.